The Balaban J connectivity index is 0.000000323. The second-order valence-electron chi connectivity index (χ2n) is 15.8. The van der Waals surface area contributed by atoms with E-state index < -0.39 is 83.2 Å². The Kier molecular flexibility index (Phi) is 24.0. The van der Waals surface area contributed by atoms with Crippen molar-refractivity contribution in [1.82, 2.24) is 19.8 Å². The van der Waals surface area contributed by atoms with Crippen molar-refractivity contribution in [3.63, 3.8) is 0 Å². The Morgan fingerprint density at radius 3 is 1.07 bits per heavy atom. The van der Waals surface area contributed by atoms with Crippen LogP contribution in [0.2, 0.25) is 0 Å². The number of carboxylic acids is 2. The summed E-state index contributed by atoms with van der Waals surface area (Å²) >= 11 is 2.12. The quantitative estimate of drug-likeness (QED) is 0.0896. The zero-order valence-corrected chi connectivity index (χ0v) is 45.0. The Labute approximate surface area is 429 Å². The van der Waals surface area contributed by atoms with E-state index in [0.29, 0.717) is 24.0 Å². The first kappa shape index (κ1) is 60.4. The number of amides is 8. The molecule has 25 heteroatoms. The molecule has 2 aromatic heterocycles. The van der Waals surface area contributed by atoms with Gasteiger partial charge in [0.25, 0.3) is 47.3 Å². The van der Waals surface area contributed by atoms with Crippen LogP contribution in [0.1, 0.15) is 120 Å². The average molecular weight is 1070 g/mol. The Morgan fingerprint density at radius 1 is 0.521 bits per heavy atom. The van der Waals surface area contributed by atoms with E-state index in [4.69, 9.17) is 9.47 Å². The Bertz CT molecular complexity index is 2390. The van der Waals surface area contributed by atoms with E-state index in [1.54, 1.807) is 13.8 Å². The normalized spacial score (nSPS) is 15.9. The molecular formula is C46H52N6O16S2Zn. The summed E-state index contributed by atoms with van der Waals surface area (Å²) in [5.74, 6) is -7.40. The number of esters is 2. The van der Waals surface area contributed by atoms with Gasteiger partial charge in [0, 0.05) is 60.4 Å². The fraction of sp³-hybridized carbons (Fsp3) is 0.435. The van der Waals surface area contributed by atoms with Crippen LogP contribution < -0.4 is 29.5 Å². The smallest absolute Gasteiger partial charge is 0.548 e. The number of nitrogens with zero attached hydrogens (tertiary/aromatic N) is 6. The summed E-state index contributed by atoms with van der Waals surface area (Å²) in [4.78, 5) is 148. The van der Waals surface area contributed by atoms with Crippen LogP contribution in [0.5, 0.6) is 11.8 Å². The van der Waals surface area contributed by atoms with Gasteiger partial charge in [0.2, 0.25) is 22.0 Å². The first-order chi connectivity index (χ1) is 32.9. The third kappa shape index (κ3) is 16.7. The van der Waals surface area contributed by atoms with E-state index in [2.05, 4.69) is 23.8 Å². The number of rotatable bonds is 18. The largest absolute Gasteiger partial charge is 2.00 e. The van der Waals surface area contributed by atoms with E-state index >= 15 is 0 Å². The van der Waals surface area contributed by atoms with Crippen LogP contribution in [0.15, 0.2) is 57.4 Å². The van der Waals surface area contributed by atoms with Gasteiger partial charge in [0.15, 0.2) is 0 Å². The molecule has 0 saturated carbocycles. The van der Waals surface area contributed by atoms with Crippen LogP contribution in [-0.2, 0) is 77.0 Å². The van der Waals surface area contributed by atoms with Crippen LogP contribution in [0.3, 0.4) is 0 Å². The molecule has 0 aromatic carbocycles. The number of unbranched alkanes of at least 4 members (excludes halogenated alkanes) is 6. The molecule has 4 aliphatic heterocycles. The molecule has 2 atom stereocenters. The van der Waals surface area contributed by atoms with E-state index in [9.17, 15) is 67.7 Å². The van der Waals surface area contributed by atoms with E-state index in [-0.39, 0.29) is 65.5 Å². The summed E-state index contributed by atoms with van der Waals surface area (Å²) in [7, 11) is 0. The van der Waals surface area contributed by atoms with E-state index in [1.165, 1.54) is 62.8 Å². The number of aliphatic carboxylic acids is 2. The molecule has 4 aliphatic rings. The fourth-order valence-electron chi connectivity index (χ4n) is 6.67. The minimum atomic E-state index is -1.36. The van der Waals surface area contributed by atoms with Crippen molar-refractivity contribution in [3.8, 4) is 11.8 Å². The molecule has 8 amide bonds. The molecule has 22 nitrogen and oxygen atoms in total. The summed E-state index contributed by atoms with van der Waals surface area (Å²) in [5, 5.41) is 25.5. The van der Waals surface area contributed by atoms with Crippen LogP contribution in [0.25, 0.3) is 0 Å². The summed E-state index contributed by atoms with van der Waals surface area (Å²) in [6, 6.07) is -2.29. The SMILES string of the molecule is CC(=O)Oc1csc(N2C(=O)C=C(C)C2=O)n1.CC(=O)Oc1csc(N2C(=O)C=C(C)C2=O)n1.CCCCCCC(C(=O)[O-])N1C(=O)C=C(C)C1=O.CCCCCCC(C(=O)[O-])N1C(=O)C=C(C)C1=O.[Zn+2]. The monoisotopic (exact) mass is 1070 g/mol. The van der Waals surface area contributed by atoms with Crippen molar-refractivity contribution < 1.29 is 96.7 Å². The number of carboxylic acid groups (broad SMARTS) is 2. The maximum Gasteiger partial charge on any atom is 2.00 e. The van der Waals surface area contributed by atoms with Gasteiger partial charge in [-0.15, -0.1) is 22.7 Å². The molecule has 2 aromatic rings. The first-order valence-electron chi connectivity index (χ1n) is 21.9. The van der Waals surface area contributed by atoms with Gasteiger partial charge in [-0.1, -0.05) is 65.2 Å². The van der Waals surface area contributed by atoms with Crippen LogP contribution >= 0.6 is 22.7 Å². The predicted octanol–water partition coefficient (Wildman–Crippen LogP) is 2.55. The zero-order chi connectivity index (χ0) is 52.6. The van der Waals surface area contributed by atoms with Gasteiger partial charge in [0.1, 0.15) is 0 Å². The zero-order valence-electron chi connectivity index (χ0n) is 40.4. The number of hydrogen-bond acceptors (Lipinski definition) is 20. The van der Waals surface area contributed by atoms with Crippen LogP contribution in [0, 0.1) is 0 Å². The maximum absolute atomic E-state index is 11.7. The minimum Gasteiger partial charge on any atom is -0.548 e. The van der Waals surface area contributed by atoms with Gasteiger partial charge in [-0.05, 0) is 40.5 Å². The van der Waals surface area contributed by atoms with E-state index in [1.807, 2.05) is 0 Å². The van der Waals surface area contributed by atoms with Crippen molar-refractivity contribution in [2.75, 3.05) is 9.80 Å². The molecule has 0 bridgehead atoms. The second kappa shape index (κ2) is 28.2. The number of imide groups is 4. The van der Waals surface area contributed by atoms with Crippen molar-refractivity contribution in [1.29, 1.82) is 0 Å². The average Bonchev–Trinajstić information content (AvgIpc) is 4.11. The molecule has 0 N–H and O–H groups in total. The molecule has 0 aliphatic carbocycles. The van der Waals surface area contributed by atoms with Crippen molar-refractivity contribution in [3.05, 3.63) is 57.4 Å². The molecule has 2 unspecified atom stereocenters. The molecule has 0 fully saturated rings. The molecule has 0 radical (unpaired) electrons. The van der Waals surface area contributed by atoms with Crippen LogP contribution in [0.4, 0.5) is 10.3 Å². The molecule has 71 heavy (non-hydrogen) atoms. The van der Waals surface area contributed by atoms with Crippen molar-refractivity contribution >= 4 is 104 Å². The number of thiazole rings is 2. The summed E-state index contributed by atoms with van der Waals surface area (Å²) in [5.41, 5.74) is 1.28. The molecule has 0 spiro atoms. The van der Waals surface area contributed by atoms with Gasteiger partial charge >= 0.3 is 31.4 Å². The topological polar surface area (TPSA) is 308 Å². The van der Waals surface area contributed by atoms with Crippen LogP contribution in [-0.4, -0.2) is 103 Å². The summed E-state index contributed by atoms with van der Waals surface area (Å²) in [6.45, 7) is 12.7. The van der Waals surface area contributed by atoms with Gasteiger partial charge in [-0.3, -0.25) is 57.7 Å². The molecule has 376 valence electrons. The predicted molar refractivity (Wildman–Crippen MR) is 246 cm³/mol. The number of hydrogen-bond donors (Lipinski definition) is 0. The number of carbonyl (C=O) groups is 12. The second-order valence-corrected chi connectivity index (χ2v) is 17.5. The number of anilines is 2. The Hall–Kier alpha value is -6.72. The number of aromatic nitrogens is 2. The first-order valence-corrected chi connectivity index (χ1v) is 23.7. The summed E-state index contributed by atoms with van der Waals surface area (Å²) < 4.78 is 9.49. The van der Waals surface area contributed by atoms with Gasteiger partial charge in [-0.25, -0.2) is 9.80 Å². The number of carbonyl (C=O) groups excluding carboxylic acids is 12. The minimum absolute atomic E-state index is 0. The fourth-order valence-corrected chi connectivity index (χ4v) is 8.13. The standard InChI is InChI=1S/2C13H19NO4.2C10H8N2O4S.Zn/c2*1-3-4-5-6-7-10(13(17)18)14-11(15)8-9(2)12(14)16;2*1-5-3-8(14)12(9(5)15)10-11-7(4-17-10)16-6(2)13;/h2*8,10H,3-7H2,1-2H3,(H,17,18);2*3-4H,1-2H3;/q;;;;+2/p-2. The molecular weight excluding hydrogens is 1020 g/mol. The molecule has 0 saturated heterocycles. The third-order valence-electron chi connectivity index (χ3n) is 10.1. The third-order valence-corrected chi connectivity index (χ3v) is 11.7. The summed E-state index contributed by atoms with van der Waals surface area (Å²) in [6.07, 6.45) is 12.6. The Morgan fingerprint density at radius 2 is 0.831 bits per heavy atom. The maximum atomic E-state index is 11.7. The van der Waals surface area contributed by atoms with Gasteiger partial charge in [-0.2, -0.15) is 9.97 Å². The van der Waals surface area contributed by atoms with E-state index in [0.717, 1.165) is 80.8 Å². The van der Waals surface area contributed by atoms with Gasteiger partial charge < -0.3 is 29.3 Å². The van der Waals surface area contributed by atoms with Crippen molar-refractivity contribution in [2.24, 2.45) is 0 Å². The van der Waals surface area contributed by atoms with Gasteiger partial charge in [0.05, 0.1) is 34.8 Å². The van der Waals surface area contributed by atoms with Crippen molar-refractivity contribution in [2.45, 2.75) is 132 Å². The number of ether oxygens (including phenoxy) is 2. The molecule has 6 heterocycles. The molecule has 6 rings (SSSR count).